The predicted octanol–water partition coefficient (Wildman–Crippen LogP) is 3.51. The van der Waals surface area contributed by atoms with E-state index in [1.54, 1.807) is 6.07 Å². The Bertz CT molecular complexity index is 864. The highest BCUT2D eigenvalue weighted by molar-refractivity contribution is 9.10. The zero-order valence-electron chi connectivity index (χ0n) is 13.7. The van der Waals surface area contributed by atoms with E-state index in [2.05, 4.69) is 21.2 Å². The third kappa shape index (κ3) is 3.85. The highest BCUT2D eigenvalue weighted by Crippen LogP contribution is 2.24. The number of halogens is 1. The van der Waals surface area contributed by atoms with E-state index in [-0.39, 0.29) is 16.4 Å². The number of rotatable bonds is 5. The molecule has 2 aromatic carbocycles. The van der Waals surface area contributed by atoms with Crippen LogP contribution in [0.15, 0.2) is 51.8 Å². The number of benzene rings is 2. The Kier molecular flexibility index (Phi) is 5.79. The van der Waals surface area contributed by atoms with Crippen LogP contribution < -0.4 is 5.32 Å². The monoisotopic (exact) mass is 410 g/mol. The average Bonchev–Trinajstić information content (AvgIpc) is 2.55. The Labute approximate surface area is 150 Å². The lowest BCUT2D eigenvalue weighted by Crippen LogP contribution is -2.23. The SMILES string of the molecule is CCc1ccccc1NC(=O)c1cc(S(=O)(=O)N(C)C)ccc1Br. The van der Waals surface area contributed by atoms with Crippen molar-refractivity contribution in [3.05, 3.63) is 58.1 Å². The lowest BCUT2D eigenvalue weighted by Gasteiger charge is -2.14. The Morgan fingerprint density at radius 1 is 1.17 bits per heavy atom. The molecule has 7 heteroatoms. The van der Waals surface area contributed by atoms with Crippen LogP contribution in [-0.2, 0) is 16.4 Å². The number of carbonyl (C=O) groups is 1. The Morgan fingerprint density at radius 2 is 1.83 bits per heavy atom. The van der Waals surface area contributed by atoms with Gasteiger partial charge in [-0.1, -0.05) is 25.1 Å². The number of nitrogens with zero attached hydrogens (tertiary/aromatic N) is 1. The van der Waals surface area contributed by atoms with Crippen molar-refractivity contribution in [1.82, 2.24) is 4.31 Å². The fraction of sp³-hybridized carbons (Fsp3) is 0.235. The van der Waals surface area contributed by atoms with Crippen molar-refractivity contribution in [2.75, 3.05) is 19.4 Å². The molecule has 0 aliphatic rings. The van der Waals surface area contributed by atoms with E-state index >= 15 is 0 Å². The second kappa shape index (κ2) is 7.46. The fourth-order valence-corrected chi connectivity index (χ4v) is 3.54. The summed E-state index contributed by atoms with van der Waals surface area (Å²) in [5.41, 5.74) is 2.00. The molecule has 0 radical (unpaired) electrons. The minimum Gasteiger partial charge on any atom is -0.322 e. The lowest BCUT2D eigenvalue weighted by atomic mass is 10.1. The minimum absolute atomic E-state index is 0.0737. The molecule has 0 fully saturated rings. The van der Waals surface area contributed by atoms with Gasteiger partial charge in [-0.25, -0.2) is 12.7 Å². The molecule has 5 nitrogen and oxygen atoms in total. The fourth-order valence-electron chi connectivity index (χ4n) is 2.19. The van der Waals surface area contributed by atoms with Crippen LogP contribution in [0, 0.1) is 0 Å². The number of nitrogens with one attached hydrogen (secondary N) is 1. The Hall–Kier alpha value is -1.70. The summed E-state index contributed by atoms with van der Waals surface area (Å²) < 4.78 is 26.2. The molecule has 0 unspecified atom stereocenters. The molecule has 0 atom stereocenters. The summed E-state index contributed by atoms with van der Waals surface area (Å²) >= 11 is 3.31. The summed E-state index contributed by atoms with van der Waals surface area (Å²) in [7, 11) is -0.697. The van der Waals surface area contributed by atoms with Crippen LogP contribution in [0.4, 0.5) is 5.69 Å². The third-order valence-corrected chi connectivity index (χ3v) is 6.11. The van der Waals surface area contributed by atoms with E-state index < -0.39 is 10.0 Å². The van der Waals surface area contributed by atoms with Gasteiger partial charge in [0.15, 0.2) is 0 Å². The van der Waals surface area contributed by atoms with Gasteiger partial charge in [0.2, 0.25) is 10.0 Å². The van der Waals surface area contributed by atoms with Crippen molar-refractivity contribution in [1.29, 1.82) is 0 Å². The van der Waals surface area contributed by atoms with E-state index in [1.165, 1.54) is 26.2 Å². The number of para-hydroxylation sites is 1. The molecule has 0 saturated carbocycles. The summed E-state index contributed by atoms with van der Waals surface area (Å²) in [4.78, 5) is 12.7. The molecule has 0 heterocycles. The standard InChI is InChI=1S/C17H19BrN2O3S/c1-4-12-7-5-6-8-16(12)19-17(21)14-11-13(9-10-15(14)18)24(22,23)20(2)3/h5-11H,4H2,1-3H3,(H,19,21). The van der Waals surface area contributed by atoms with E-state index in [4.69, 9.17) is 0 Å². The number of hydrogen-bond acceptors (Lipinski definition) is 3. The van der Waals surface area contributed by atoms with Crippen LogP contribution >= 0.6 is 15.9 Å². The number of anilines is 1. The van der Waals surface area contributed by atoms with Crippen molar-refractivity contribution in [2.45, 2.75) is 18.2 Å². The van der Waals surface area contributed by atoms with Gasteiger partial charge < -0.3 is 5.32 Å². The van der Waals surface area contributed by atoms with Gasteiger partial charge in [0.25, 0.3) is 5.91 Å². The molecule has 2 rings (SSSR count). The summed E-state index contributed by atoms with van der Waals surface area (Å²) in [5.74, 6) is -0.362. The van der Waals surface area contributed by atoms with Gasteiger partial charge in [-0.2, -0.15) is 0 Å². The molecule has 0 aliphatic heterocycles. The zero-order chi connectivity index (χ0) is 17.9. The molecular weight excluding hydrogens is 392 g/mol. The summed E-state index contributed by atoms with van der Waals surface area (Å²) in [6, 6.07) is 11.9. The molecule has 0 spiro atoms. The minimum atomic E-state index is -3.60. The Morgan fingerprint density at radius 3 is 2.46 bits per heavy atom. The van der Waals surface area contributed by atoms with Crippen LogP contribution in [0.25, 0.3) is 0 Å². The lowest BCUT2D eigenvalue weighted by molar-refractivity contribution is 0.102. The molecule has 1 amide bonds. The average molecular weight is 411 g/mol. The highest BCUT2D eigenvalue weighted by atomic mass is 79.9. The smallest absolute Gasteiger partial charge is 0.256 e. The maximum atomic E-state index is 12.6. The summed E-state index contributed by atoms with van der Waals surface area (Å²) in [6.07, 6.45) is 0.784. The predicted molar refractivity (Wildman–Crippen MR) is 98.8 cm³/mol. The van der Waals surface area contributed by atoms with Crippen molar-refractivity contribution in [3.8, 4) is 0 Å². The Balaban J connectivity index is 2.40. The van der Waals surface area contributed by atoms with Crippen LogP contribution in [0.3, 0.4) is 0 Å². The molecular formula is C17H19BrN2O3S. The molecule has 128 valence electrons. The number of hydrogen-bond donors (Lipinski definition) is 1. The quantitative estimate of drug-likeness (QED) is 0.819. The second-order valence-electron chi connectivity index (χ2n) is 5.39. The normalized spacial score (nSPS) is 11.5. The largest absolute Gasteiger partial charge is 0.322 e. The highest BCUT2D eigenvalue weighted by Gasteiger charge is 2.21. The molecule has 0 bridgehead atoms. The molecule has 0 aliphatic carbocycles. The van der Waals surface area contributed by atoms with Crippen molar-refractivity contribution in [3.63, 3.8) is 0 Å². The van der Waals surface area contributed by atoms with Gasteiger partial charge in [-0.05, 0) is 52.2 Å². The van der Waals surface area contributed by atoms with E-state index in [0.29, 0.717) is 4.47 Å². The third-order valence-electron chi connectivity index (χ3n) is 3.61. The number of amides is 1. The molecule has 0 saturated heterocycles. The van der Waals surface area contributed by atoms with Gasteiger partial charge in [0.05, 0.1) is 10.5 Å². The second-order valence-corrected chi connectivity index (χ2v) is 8.40. The molecule has 24 heavy (non-hydrogen) atoms. The first-order valence-corrected chi connectivity index (χ1v) is 9.62. The van der Waals surface area contributed by atoms with Gasteiger partial charge in [0.1, 0.15) is 0 Å². The van der Waals surface area contributed by atoms with E-state index in [9.17, 15) is 13.2 Å². The first-order valence-electron chi connectivity index (χ1n) is 7.38. The topological polar surface area (TPSA) is 66.5 Å². The van der Waals surface area contributed by atoms with Gasteiger partial charge in [0, 0.05) is 24.3 Å². The van der Waals surface area contributed by atoms with Crippen LogP contribution in [0.5, 0.6) is 0 Å². The first kappa shape index (κ1) is 18.6. The van der Waals surface area contributed by atoms with Crippen LogP contribution in [0.2, 0.25) is 0 Å². The van der Waals surface area contributed by atoms with Gasteiger partial charge in [-0.15, -0.1) is 0 Å². The van der Waals surface area contributed by atoms with Gasteiger partial charge in [-0.3, -0.25) is 4.79 Å². The summed E-state index contributed by atoms with van der Waals surface area (Å²) in [5, 5.41) is 2.85. The van der Waals surface area contributed by atoms with E-state index in [1.807, 2.05) is 31.2 Å². The van der Waals surface area contributed by atoms with Crippen LogP contribution in [0.1, 0.15) is 22.8 Å². The molecule has 2 aromatic rings. The van der Waals surface area contributed by atoms with Crippen molar-refractivity contribution in [2.24, 2.45) is 0 Å². The summed E-state index contributed by atoms with van der Waals surface area (Å²) in [6.45, 7) is 2.01. The van der Waals surface area contributed by atoms with Gasteiger partial charge >= 0.3 is 0 Å². The maximum Gasteiger partial charge on any atom is 0.256 e. The molecule has 0 aromatic heterocycles. The number of sulfonamides is 1. The number of carbonyl (C=O) groups excluding carboxylic acids is 1. The zero-order valence-corrected chi connectivity index (χ0v) is 16.1. The maximum absolute atomic E-state index is 12.6. The number of aryl methyl sites for hydroxylation is 1. The first-order chi connectivity index (χ1) is 11.3. The van der Waals surface area contributed by atoms with Crippen molar-refractivity contribution >= 4 is 37.5 Å². The van der Waals surface area contributed by atoms with Crippen molar-refractivity contribution < 1.29 is 13.2 Å². The molecule has 1 N–H and O–H groups in total. The van der Waals surface area contributed by atoms with E-state index in [0.717, 1.165) is 22.0 Å². The van der Waals surface area contributed by atoms with Crippen LogP contribution in [-0.4, -0.2) is 32.7 Å².